The minimum absolute atomic E-state index is 0.0919. The van der Waals surface area contributed by atoms with E-state index in [9.17, 15) is 4.79 Å². The number of rotatable bonds is 3. The molecule has 5 rings (SSSR count). The van der Waals surface area contributed by atoms with Crippen LogP contribution in [0.4, 0.5) is 5.95 Å². The van der Waals surface area contributed by atoms with E-state index >= 15 is 0 Å². The summed E-state index contributed by atoms with van der Waals surface area (Å²) in [7, 11) is 0. The third kappa shape index (κ3) is 3.54. The lowest BCUT2D eigenvalue weighted by Gasteiger charge is -2.21. The van der Waals surface area contributed by atoms with Crippen molar-refractivity contribution in [2.24, 2.45) is 0 Å². The molecule has 0 atom stereocenters. The monoisotopic (exact) mass is 423 g/mol. The highest BCUT2D eigenvalue weighted by Gasteiger charge is 2.25. The number of para-hydroxylation sites is 2. The number of aromatic nitrogens is 3. The molecule has 1 saturated heterocycles. The number of thiophene rings is 1. The largest absolute Gasteiger partial charge is 0.341 e. The molecular weight excluding hydrogens is 402 g/mol. The molecular formula is C21H21N5OS2. The fraction of sp³-hybridized carbons (Fsp3) is 0.286. The molecule has 1 N–H and O–H groups in total. The van der Waals surface area contributed by atoms with Crippen LogP contribution in [0.15, 0.2) is 41.8 Å². The van der Waals surface area contributed by atoms with Crippen LogP contribution in [0.3, 0.4) is 0 Å². The minimum Gasteiger partial charge on any atom is -0.341 e. The van der Waals surface area contributed by atoms with E-state index in [0.717, 1.165) is 63.5 Å². The maximum absolute atomic E-state index is 13.2. The lowest BCUT2D eigenvalue weighted by Crippen LogP contribution is -2.35. The number of aromatic amines is 1. The maximum atomic E-state index is 13.2. The fourth-order valence-electron chi connectivity index (χ4n) is 3.67. The molecule has 0 aliphatic carbocycles. The Bertz CT molecular complexity index is 1110. The number of hydrogen-bond acceptors (Lipinski definition) is 6. The van der Waals surface area contributed by atoms with Gasteiger partial charge in [0.1, 0.15) is 9.88 Å². The van der Waals surface area contributed by atoms with Gasteiger partial charge in [0, 0.05) is 26.2 Å². The van der Waals surface area contributed by atoms with Gasteiger partial charge in [-0.05, 0) is 36.9 Å². The molecule has 1 aliphatic rings. The molecule has 0 unspecified atom stereocenters. The summed E-state index contributed by atoms with van der Waals surface area (Å²) in [6.45, 7) is 5.01. The van der Waals surface area contributed by atoms with E-state index in [1.807, 2.05) is 53.6 Å². The van der Waals surface area contributed by atoms with Crippen molar-refractivity contribution in [3.63, 3.8) is 0 Å². The van der Waals surface area contributed by atoms with Gasteiger partial charge in [0.05, 0.1) is 21.6 Å². The Hall–Kier alpha value is -2.71. The fourth-order valence-corrected chi connectivity index (χ4v) is 5.50. The zero-order chi connectivity index (χ0) is 19.8. The zero-order valence-corrected chi connectivity index (χ0v) is 17.7. The number of carbonyl (C=O) groups excluding carboxylic acids is 1. The summed E-state index contributed by atoms with van der Waals surface area (Å²) in [6.07, 6.45) is 0.915. The van der Waals surface area contributed by atoms with Crippen LogP contribution in [-0.4, -0.2) is 51.9 Å². The van der Waals surface area contributed by atoms with Gasteiger partial charge in [-0.15, -0.1) is 22.7 Å². The van der Waals surface area contributed by atoms with Crippen molar-refractivity contribution in [1.82, 2.24) is 19.9 Å². The number of amides is 1. The van der Waals surface area contributed by atoms with E-state index in [-0.39, 0.29) is 5.91 Å². The normalized spacial score (nSPS) is 15.1. The van der Waals surface area contributed by atoms with Gasteiger partial charge < -0.3 is 14.8 Å². The third-order valence-electron chi connectivity index (χ3n) is 5.18. The number of imidazole rings is 1. The predicted octanol–water partition coefficient (Wildman–Crippen LogP) is 4.41. The summed E-state index contributed by atoms with van der Waals surface area (Å²) in [4.78, 5) is 32.0. The SMILES string of the molecule is Cc1nc(-c2cccs2)sc1C(=O)N1CCCN(c2nc3ccccc3[nH]2)CC1. The number of nitrogens with one attached hydrogen (secondary N) is 1. The van der Waals surface area contributed by atoms with Crippen molar-refractivity contribution in [2.75, 3.05) is 31.1 Å². The molecule has 6 nitrogen and oxygen atoms in total. The molecule has 0 radical (unpaired) electrons. The van der Waals surface area contributed by atoms with E-state index in [1.165, 1.54) is 11.3 Å². The smallest absolute Gasteiger partial charge is 0.265 e. The van der Waals surface area contributed by atoms with E-state index in [4.69, 9.17) is 4.98 Å². The van der Waals surface area contributed by atoms with Crippen LogP contribution in [0.1, 0.15) is 21.8 Å². The van der Waals surface area contributed by atoms with Crippen LogP contribution in [0.25, 0.3) is 20.9 Å². The van der Waals surface area contributed by atoms with Crippen molar-refractivity contribution in [2.45, 2.75) is 13.3 Å². The Morgan fingerprint density at radius 1 is 1.07 bits per heavy atom. The highest BCUT2D eigenvalue weighted by molar-refractivity contribution is 7.22. The van der Waals surface area contributed by atoms with Crippen LogP contribution in [0.2, 0.25) is 0 Å². The van der Waals surface area contributed by atoms with Gasteiger partial charge in [-0.1, -0.05) is 18.2 Å². The number of aryl methyl sites for hydroxylation is 1. The summed E-state index contributed by atoms with van der Waals surface area (Å²) in [5.74, 6) is 0.976. The first-order chi connectivity index (χ1) is 14.2. The van der Waals surface area contributed by atoms with E-state index in [0.29, 0.717) is 6.54 Å². The molecule has 4 heterocycles. The van der Waals surface area contributed by atoms with Crippen LogP contribution in [0, 0.1) is 6.92 Å². The first-order valence-corrected chi connectivity index (χ1v) is 11.4. The number of H-pyrrole nitrogens is 1. The molecule has 3 aromatic heterocycles. The highest BCUT2D eigenvalue weighted by atomic mass is 32.1. The summed E-state index contributed by atoms with van der Waals surface area (Å²) in [5, 5.41) is 2.97. The summed E-state index contributed by atoms with van der Waals surface area (Å²) in [6, 6.07) is 12.1. The van der Waals surface area contributed by atoms with Gasteiger partial charge in [-0.2, -0.15) is 0 Å². The third-order valence-corrected chi connectivity index (χ3v) is 7.37. The van der Waals surface area contributed by atoms with Gasteiger partial charge in [-0.25, -0.2) is 9.97 Å². The highest BCUT2D eigenvalue weighted by Crippen LogP contribution is 2.32. The number of fused-ring (bicyclic) bond motifs is 1. The number of carbonyl (C=O) groups is 1. The van der Waals surface area contributed by atoms with Gasteiger partial charge in [0.25, 0.3) is 5.91 Å². The van der Waals surface area contributed by atoms with Gasteiger partial charge >= 0.3 is 0 Å². The molecule has 4 aromatic rings. The Kier molecular flexibility index (Phi) is 4.81. The maximum Gasteiger partial charge on any atom is 0.265 e. The van der Waals surface area contributed by atoms with Gasteiger partial charge in [0.2, 0.25) is 5.95 Å². The molecule has 1 aliphatic heterocycles. The minimum atomic E-state index is 0.0919. The second-order valence-electron chi connectivity index (χ2n) is 7.12. The predicted molar refractivity (Wildman–Crippen MR) is 119 cm³/mol. The second kappa shape index (κ2) is 7.61. The van der Waals surface area contributed by atoms with Crippen molar-refractivity contribution in [1.29, 1.82) is 0 Å². The first kappa shape index (κ1) is 18.3. The summed E-state index contributed by atoms with van der Waals surface area (Å²) < 4.78 is 0. The summed E-state index contributed by atoms with van der Waals surface area (Å²) in [5.41, 5.74) is 2.84. The molecule has 0 bridgehead atoms. The molecule has 1 fully saturated rings. The first-order valence-electron chi connectivity index (χ1n) is 9.69. The van der Waals surface area contributed by atoms with E-state index in [2.05, 4.69) is 14.9 Å². The van der Waals surface area contributed by atoms with Crippen LogP contribution in [-0.2, 0) is 0 Å². The summed E-state index contributed by atoms with van der Waals surface area (Å²) >= 11 is 3.16. The Morgan fingerprint density at radius 3 is 2.79 bits per heavy atom. The number of anilines is 1. The van der Waals surface area contributed by atoms with Crippen LogP contribution in [0.5, 0.6) is 0 Å². The van der Waals surface area contributed by atoms with Crippen molar-refractivity contribution < 1.29 is 4.79 Å². The number of thiazole rings is 1. The second-order valence-corrected chi connectivity index (χ2v) is 9.07. The van der Waals surface area contributed by atoms with Crippen LogP contribution < -0.4 is 4.90 Å². The molecule has 1 aromatic carbocycles. The lowest BCUT2D eigenvalue weighted by atomic mass is 10.3. The average molecular weight is 424 g/mol. The van der Waals surface area contributed by atoms with Gasteiger partial charge in [0.15, 0.2) is 0 Å². The van der Waals surface area contributed by atoms with Crippen molar-refractivity contribution in [3.05, 3.63) is 52.3 Å². The quantitative estimate of drug-likeness (QED) is 0.530. The molecule has 29 heavy (non-hydrogen) atoms. The van der Waals surface area contributed by atoms with E-state index < -0.39 is 0 Å². The zero-order valence-electron chi connectivity index (χ0n) is 16.1. The van der Waals surface area contributed by atoms with Gasteiger partial charge in [-0.3, -0.25) is 4.79 Å². The standard InChI is InChI=1S/C21H21N5OS2/c1-14-18(29-19(22-14)17-8-4-13-28-17)20(27)25-9-5-10-26(12-11-25)21-23-15-6-2-3-7-16(15)24-21/h2-4,6-8,13H,5,9-12H2,1H3,(H,23,24). The lowest BCUT2D eigenvalue weighted by molar-refractivity contribution is 0.0771. The average Bonchev–Trinajstić information content (AvgIpc) is 3.44. The number of hydrogen-bond donors (Lipinski definition) is 1. The molecule has 8 heteroatoms. The number of benzene rings is 1. The number of nitrogens with zero attached hydrogens (tertiary/aromatic N) is 4. The Balaban J connectivity index is 1.32. The van der Waals surface area contributed by atoms with Crippen molar-refractivity contribution in [3.8, 4) is 9.88 Å². The van der Waals surface area contributed by atoms with Crippen molar-refractivity contribution >= 4 is 45.6 Å². The van der Waals surface area contributed by atoms with Crippen LogP contribution >= 0.6 is 22.7 Å². The molecule has 0 saturated carbocycles. The molecule has 148 valence electrons. The Labute approximate surface area is 176 Å². The molecule has 0 spiro atoms. The Morgan fingerprint density at radius 2 is 1.97 bits per heavy atom. The topological polar surface area (TPSA) is 65.1 Å². The van der Waals surface area contributed by atoms with E-state index in [1.54, 1.807) is 11.3 Å². The molecule has 1 amide bonds.